The van der Waals surface area contributed by atoms with Gasteiger partial charge >= 0.3 is 5.97 Å². The molecular formula is C23H44N5O5S-. The summed E-state index contributed by atoms with van der Waals surface area (Å²) in [5.41, 5.74) is 13.1. The molecule has 1 rings (SSSR count). The topological polar surface area (TPSA) is 177 Å². The van der Waals surface area contributed by atoms with E-state index in [1.807, 2.05) is 39.8 Å². The van der Waals surface area contributed by atoms with E-state index in [-0.39, 0.29) is 39.5 Å². The SMILES string of the molecule is CC(C)CS(=O)[O-].CCOC(=O)C(CC(C)C)C(=O)Nc1ccc(CN(N)/C=C(\N)CN)cc1.[HH].[HH]. The van der Waals surface area contributed by atoms with E-state index in [0.717, 1.165) is 5.56 Å². The lowest BCUT2D eigenvalue weighted by atomic mass is 9.96. The van der Waals surface area contributed by atoms with Crippen LogP contribution in [-0.2, 0) is 32.0 Å². The van der Waals surface area contributed by atoms with Gasteiger partial charge in [0.05, 0.1) is 13.2 Å². The average Bonchev–Trinajstić information content (AvgIpc) is 2.72. The van der Waals surface area contributed by atoms with E-state index >= 15 is 0 Å². The molecule has 0 aliphatic heterocycles. The van der Waals surface area contributed by atoms with Gasteiger partial charge in [0.2, 0.25) is 5.91 Å². The van der Waals surface area contributed by atoms with Crippen molar-refractivity contribution in [1.82, 2.24) is 5.01 Å². The Hall–Kier alpha value is -2.47. The summed E-state index contributed by atoms with van der Waals surface area (Å²) < 4.78 is 24.6. The standard InChI is InChI=1S/C19H31N5O3.C4H10O2S.2H2/c1-4-27-19(26)17(9-13(2)3)18(25)23-16-7-5-14(6-8-16)11-24(22)12-15(21)10-20;1-4(2)3-7(5)6;;/h5-8,12-13,17H,4,9-11,20-22H2,1-3H3,(H,23,25);4H,3H2,1-2H3,(H,5,6);2*1H/p-1/b15-12-;;;. The minimum atomic E-state index is -1.85. The highest BCUT2D eigenvalue weighted by Crippen LogP contribution is 2.18. The summed E-state index contributed by atoms with van der Waals surface area (Å²) in [5, 5.41) is 4.22. The first-order valence-corrected chi connectivity index (χ1v) is 12.4. The second kappa shape index (κ2) is 17.0. The summed E-state index contributed by atoms with van der Waals surface area (Å²) in [6, 6.07) is 7.19. The van der Waals surface area contributed by atoms with E-state index < -0.39 is 23.0 Å². The van der Waals surface area contributed by atoms with Crippen molar-refractivity contribution in [3.05, 3.63) is 41.7 Å². The van der Waals surface area contributed by atoms with E-state index in [0.29, 0.717) is 24.4 Å². The van der Waals surface area contributed by atoms with Crippen LogP contribution in [0.4, 0.5) is 5.69 Å². The van der Waals surface area contributed by atoms with E-state index in [4.69, 9.17) is 22.0 Å². The Morgan fingerprint density at radius 2 is 1.79 bits per heavy atom. The van der Waals surface area contributed by atoms with Gasteiger partial charge in [-0.25, -0.2) is 5.84 Å². The Bertz CT molecular complexity index is 811. The van der Waals surface area contributed by atoms with Crippen molar-refractivity contribution in [3.63, 3.8) is 0 Å². The zero-order valence-corrected chi connectivity index (χ0v) is 21.6. The molecule has 0 saturated heterocycles. The second-order valence-corrected chi connectivity index (χ2v) is 9.51. The highest BCUT2D eigenvalue weighted by atomic mass is 32.2. The highest BCUT2D eigenvalue weighted by Gasteiger charge is 2.28. The molecule has 198 valence electrons. The lowest BCUT2D eigenvalue weighted by Gasteiger charge is -2.18. The molecule has 1 amide bonds. The maximum Gasteiger partial charge on any atom is 0.318 e. The number of amides is 1. The first-order valence-electron chi connectivity index (χ1n) is 11.2. The van der Waals surface area contributed by atoms with Crippen LogP contribution in [0.2, 0.25) is 0 Å². The van der Waals surface area contributed by atoms with E-state index in [1.165, 1.54) is 5.01 Å². The van der Waals surface area contributed by atoms with Gasteiger partial charge < -0.3 is 31.1 Å². The lowest BCUT2D eigenvalue weighted by molar-refractivity contribution is -0.151. The Balaban J connectivity index is -0.00000106. The maximum atomic E-state index is 12.5. The molecule has 0 radical (unpaired) electrons. The third kappa shape index (κ3) is 14.6. The highest BCUT2D eigenvalue weighted by molar-refractivity contribution is 7.79. The predicted molar refractivity (Wildman–Crippen MR) is 139 cm³/mol. The molecule has 11 heteroatoms. The normalized spacial score (nSPS) is 13.1. The quantitative estimate of drug-likeness (QED) is 0.110. The van der Waals surface area contributed by atoms with Gasteiger partial charge in [-0.05, 0) is 42.9 Å². The number of hydrogen-bond acceptors (Lipinski definition) is 9. The van der Waals surface area contributed by atoms with Crippen LogP contribution in [0.5, 0.6) is 0 Å². The van der Waals surface area contributed by atoms with Crippen LogP contribution in [-0.4, -0.2) is 44.6 Å². The van der Waals surface area contributed by atoms with Crippen LogP contribution < -0.4 is 22.6 Å². The summed E-state index contributed by atoms with van der Waals surface area (Å²) >= 11 is -1.85. The summed E-state index contributed by atoms with van der Waals surface area (Å²) in [4.78, 5) is 24.6. The molecule has 10 nitrogen and oxygen atoms in total. The number of carbonyl (C=O) groups excluding carboxylic acids is 2. The van der Waals surface area contributed by atoms with Crippen LogP contribution in [0.25, 0.3) is 0 Å². The fourth-order valence-electron chi connectivity index (χ4n) is 2.74. The first-order chi connectivity index (χ1) is 15.9. The molecule has 7 N–H and O–H groups in total. The Labute approximate surface area is 208 Å². The molecule has 0 aliphatic carbocycles. The van der Waals surface area contributed by atoms with Gasteiger partial charge in [0.1, 0.15) is 5.92 Å². The minimum absolute atomic E-state index is 0. The molecule has 0 spiro atoms. The third-order valence-corrected chi connectivity index (χ3v) is 5.16. The largest absolute Gasteiger partial charge is 0.772 e. The van der Waals surface area contributed by atoms with Crippen LogP contribution in [0, 0.1) is 17.8 Å². The number of anilines is 1. The van der Waals surface area contributed by atoms with E-state index in [1.54, 1.807) is 25.3 Å². The number of nitrogens with two attached hydrogens (primary N) is 3. The maximum absolute atomic E-state index is 12.5. The number of benzene rings is 1. The minimum Gasteiger partial charge on any atom is -0.772 e. The van der Waals surface area contributed by atoms with Crippen molar-refractivity contribution in [2.45, 2.75) is 47.6 Å². The molecule has 0 bridgehead atoms. The Morgan fingerprint density at radius 1 is 1.21 bits per heavy atom. The van der Waals surface area contributed by atoms with Gasteiger partial charge in [0.15, 0.2) is 0 Å². The molecule has 1 aromatic rings. The molecule has 0 heterocycles. The zero-order valence-electron chi connectivity index (χ0n) is 20.8. The second-order valence-electron chi connectivity index (χ2n) is 8.57. The molecule has 0 aromatic heterocycles. The van der Waals surface area contributed by atoms with Gasteiger partial charge in [-0.2, -0.15) is 0 Å². The van der Waals surface area contributed by atoms with Crippen molar-refractivity contribution in [2.24, 2.45) is 35.1 Å². The Kier molecular flexibility index (Phi) is 15.8. The van der Waals surface area contributed by atoms with Gasteiger partial charge in [-0.1, -0.05) is 50.9 Å². The van der Waals surface area contributed by atoms with Gasteiger partial charge in [-0.3, -0.25) is 13.8 Å². The average molecular weight is 503 g/mol. The van der Waals surface area contributed by atoms with Crippen molar-refractivity contribution in [2.75, 3.05) is 24.2 Å². The van der Waals surface area contributed by atoms with Crippen LogP contribution in [0.3, 0.4) is 0 Å². The number of carbonyl (C=O) groups is 2. The summed E-state index contributed by atoms with van der Waals surface area (Å²) in [7, 11) is 0. The van der Waals surface area contributed by atoms with Gasteiger partial charge in [0, 0.05) is 32.7 Å². The molecule has 2 atom stereocenters. The third-order valence-electron chi connectivity index (χ3n) is 4.22. The van der Waals surface area contributed by atoms with Crippen LogP contribution >= 0.6 is 0 Å². The molecule has 0 fully saturated rings. The van der Waals surface area contributed by atoms with E-state index in [9.17, 15) is 18.4 Å². The van der Waals surface area contributed by atoms with Crippen molar-refractivity contribution >= 4 is 28.6 Å². The molecule has 1 aromatic carbocycles. The fraction of sp³-hybridized carbons (Fsp3) is 0.565. The number of hydrogen-bond donors (Lipinski definition) is 4. The first kappa shape index (κ1) is 31.5. The Morgan fingerprint density at radius 3 is 2.21 bits per heavy atom. The zero-order chi connectivity index (χ0) is 26.3. The smallest absolute Gasteiger partial charge is 0.318 e. The molecule has 0 saturated carbocycles. The van der Waals surface area contributed by atoms with Gasteiger partial charge in [0.25, 0.3) is 0 Å². The van der Waals surface area contributed by atoms with Crippen molar-refractivity contribution in [3.8, 4) is 0 Å². The van der Waals surface area contributed by atoms with Crippen LogP contribution in [0.15, 0.2) is 36.2 Å². The van der Waals surface area contributed by atoms with Crippen molar-refractivity contribution in [1.29, 1.82) is 0 Å². The molecule has 2 unspecified atom stereocenters. The fourth-order valence-corrected chi connectivity index (χ4v) is 3.29. The molecule has 0 aliphatic rings. The predicted octanol–water partition coefficient (Wildman–Crippen LogP) is 2.30. The van der Waals surface area contributed by atoms with Crippen LogP contribution in [0.1, 0.15) is 49.5 Å². The summed E-state index contributed by atoms with van der Waals surface area (Å²) in [5.74, 6) is 4.89. The van der Waals surface area contributed by atoms with Gasteiger partial charge in [-0.15, -0.1) is 0 Å². The number of ether oxygens (including phenoxy) is 1. The summed E-state index contributed by atoms with van der Waals surface area (Å²) in [6.07, 6.45) is 2.01. The van der Waals surface area contributed by atoms with Crippen molar-refractivity contribution < 1.29 is 25.9 Å². The number of esters is 1. The number of nitrogens with zero attached hydrogens (tertiary/aromatic N) is 1. The number of nitrogens with one attached hydrogen (secondary N) is 1. The number of hydrazine groups is 1. The number of rotatable bonds is 12. The summed E-state index contributed by atoms with van der Waals surface area (Å²) in [6.45, 7) is 10.3. The monoisotopic (exact) mass is 502 g/mol. The molecular weight excluding hydrogens is 458 g/mol. The lowest BCUT2D eigenvalue weighted by Crippen LogP contribution is -2.32. The van der Waals surface area contributed by atoms with E-state index in [2.05, 4.69) is 5.32 Å². The molecule has 34 heavy (non-hydrogen) atoms.